The molecule has 104 valence electrons. The van der Waals surface area contributed by atoms with Gasteiger partial charge in [-0.05, 0) is 41.5 Å². The molecular weight excluding hydrogens is 244 g/mol. The van der Waals surface area contributed by atoms with E-state index in [0.29, 0.717) is 5.92 Å². The van der Waals surface area contributed by atoms with E-state index in [9.17, 15) is 4.79 Å². The molecule has 0 heterocycles. The quantitative estimate of drug-likeness (QED) is 0.691. The van der Waals surface area contributed by atoms with Gasteiger partial charge in [-0.2, -0.15) is 0 Å². The van der Waals surface area contributed by atoms with Gasteiger partial charge in [-0.15, -0.1) is 0 Å². The maximum absolute atomic E-state index is 11.4. The van der Waals surface area contributed by atoms with Crippen LogP contribution in [-0.2, 0) is 6.42 Å². The average molecular weight is 266 g/mol. The van der Waals surface area contributed by atoms with Crippen LogP contribution in [0.5, 0.6) is 0 Å². The highest BCUT2D eigenvalue weighted by Crippen LogP contribution is 2.32. The second-order valence-corrected chi connectivity index (χ2v) is 5.52. The minimum absolute atomic E-state index is 0.114. The molecule has 0 amide bonds. The first kappa shape index (κ1) is 14.5. The molecular formula is C19H22O. The highest BCUT2D eigenvalue weighted by atomic mass is 16.1. The molecule has 2 rings (SSSR count). The number of hydrogen-bond acceptors (Lipinski definition) is 1. The van der Waals surface area contributed by atoms with Gasteiger partial charge < -0.3 is 0 Å². The van der Waals surface area contributed by atoms with Crippen LogP contribution in [0.2, 0.25) is 0 Å². The molecule has 2 aromatic carbocycles. The molecule has 0 spiro atoms. The van der Waals surface area contributed by atoms with Gasteiger partial charge in [0.1, 0.15) is 0 Å². The fraction of sp³-hybridized carbons (Fsp3) is 0.316. The van der Waals surface area contributed by atoms with Crippen molar-refractivity contribution in [2.45, 2.75) is 40.0 Å². The Labute approximate surface area is 121 Å². The van der Waals surface area contributed by atoms with Gasteiger partial charge in [0.15, 0.2) is 5.78 Å². The lowest BCUT2D eigenvalue weighted by Gasteiger charge is -2.17. The topological polar surface area (TPSA) is 17.1 Å². The molecule has 0 saturated heterocycles. The number of Topliss-reactive ketones (excluding diaryl/α,β-unsaturated/α-hetero) is 1. The van der Waals surface area contributed by atoms with E-state index < -0.39 is 0 Å². The average Bonchev–Trinajstić information content (AvgIpc) is 2.46. The molecule has 0 saturated carbocycles. The first-order valence-corrected chi connectivity index (χ1v) is 7.27. The Kier molecular flexibility index (Phi) is 4.39. The Bertz CT molecular complexity index is 606. The summed E-state index contributed by atoms with van der Waals surface area (Å²) in [7, 11) is 0. The third-order valence-corrected chi connectivity index (χ3v) is 3.76. The summed E-state index contributed by atoms with van der Waals surface area (Å²) in [6, 6.07) is 14.5. The normalized spacial score (nSPS) is 10.8. The first-order chi connectivity index (χ1) is 9.54. The van der Waals surface area contributed by atoms with Crippen molar-refractivity contribution in [2.24, 2.45) is 0 Å². The zero-order valence-corrected chi connectivity index (χ0v) is 12.7. The van der Waals surface area contributed by atoms with Crippen molar-refractivity contribution in [3.05, 3.63) is 59.2 Å². The van der Waals surface area contributed by atoms with E-state index >= 15 is 0 Å². The van der Waals surface area contributed by atoms with Crippen molar-refractivity contribution in [1.29, 1.82) is 0 Å². The third-order valence-electron chi connectivity index (χ3n) is 3.76. The molecule has 1 nitrogen and oxygen atoms in total. The minimum atomic E-state index is 0.114. The Morgan fingerprint density at radius 2 is 1.70 bits per heavy atom. The first-order valence-electron chi connectivity index (χ1n) is 7.27. The molecule has 0 bridgehead atoms. The summed E-state index contributed by atoms with van der Waals surface area (Å²) < 4.78 is 0. The Morgan fingerprint density at radius 3 is 2.20 bits per heavy atom. The molecule has 0 unspecified atom stereocenters. The number of carbonyl (C=O) groups excluding carboxylic acids is 1. The molecule has 0 aliphatic heterocycles. The lowest BCUT2D eigenvalue weighted by Crippen LogP contribution is -1.99. The zero-order valence-electron chi connectivity index (χ0n) is 12.7. The number of benzene rings is 2. The molecule has 0 fully saturated rings. The van der Waals surface area contributed by atoms with Crippen molar-refractivity contribution >= 4 is 5.78 Å². The molecule has 1 heteroatoms. The number of rotatable bonds is 4. The Morgan fingerprint density at radius 1 is 1.05 bits per heavy atom. The van der Waals surface area contributed by atoms with Crippen LogP contribution in [-0.4, -0.2) is 5.78 Å². The summed E-state index contributed by atoms with van der Waals surface area (Å²) in [6.45, 7) is 8.28. The van der Waals surface area contributed by atoms with E-state index in [1.807, 2.05) is 12.1 Å². The van der Waals surface area contributed by atoms with Crippen LogP contribution < -0.4 is 0 Å². The summed E-state index contributed by atoms with van der Waals surface area (Å²) in [4.78, 5) is 11.4. The van der Waals surface area contributed by atoms with Gasteiger partial charge in [-0.3, -0.25) is 4.79 Å². The van der Waals surface area contributed by atoms with Crippen molar-refractivity contribution in [3.63, 3.8) is 0 Å². The number of carbonyl (C=O) groups is 1. The molecule has 0 aromatic heterocycles. The molecule has 0 N–H and O–H groups in total. The maximum atomic E-state index is 11.4. The fourth-order valence-corrected chi connectivity index (χ4v) is 2.74. The van der Waals surface area contributed by atoms with Gasteiger partial charge in [0, 0.05) is 5.56 Å². The van der Waals surface area contributed by atoms with Crippen LogP contribution in [0.25, 0.3) is 11.1 Å². The highest BCUT2D eigenvalue weighted by Gasteiger charge is 2.12. The molecule has 2 aromatic rings. The van der Waals surface area contributed by atoms with Gasteiger partial charge >= 0.3 is 0 Å². The van der Waals surface area contributed by atoms with Gasteiger partial charge in [0.2, 0.25) is 0 Å². The second-order valence-electron chi connectivity index (χ2n) is 5.52. The van der Waals surface area contributed by atoms with Crippen LogP contribution in [0.4, 0.5) is 0 Å². The van der Waals surface area contributed by atoms with Gasteiger partial charge in [0.05, 0.1) is 0 Å². The highest BCUT2D eigenvalue weighted by molar-refractivity contribution is 5.94. The standard InChI is InChI=1S/C19H22O/c1-5-15-7-6-8-18(19(15)13(2)3)17-11-9-16(10-12-17)14(4)20/h6-13H,5H2,1-4H3. The molecule has 0 aliphatic rings. The summed E-state index contributed by atoms with van der Waals surface area (Å²) in [5, 5.41) is 0. The Balaban J connectivity index is 2.54. The predicted molar refractivity (Wildman–Crippen MR) is 85.3 cm³/mol. The van der Waals surface area contributed by atoms with Crippen molar-refractivity contribution in [1.82, 2.24) is 0 Å². The van der Waals surface area contributed by atoms with E-state index in [4.69, 9.17) is 0 Å². The molecule has 0 atom stereocenters. The zero-order chi connectivity index (χ0) is 14.7. The fourth-order valence-electron chi connectivity index (χ4n) is 2.74. The lowest BCUT2D eigenvalue weighted by molar-refractivity contribution is 0.101. The second kappa shape index (κ2) is 6.04. The van der Waals surface area contributed by atoms with Gasteiger partial charge in [-0.1, -0.05) is 63.2 Å². The summed E-state index contributed by atoms with van der Waals surface area (Å²) in [5.74, 6) is 0.608. The maximum Gasteiger partial charge on any atom is 0.159 e. The van der Waals surface area contributed by atoms with E-state index in [0.717, 1.165) is 12.0 Å². The van der Waals surface area contributed by atoms with Crippen LogP contribution in [0.3, 0.4) is 0 Å². The SMILES string of the molecule is CCc1cccc(-c2ccc(C(C)=O)cc2)c1C(C)C. The van der Waals surface area contributed by atoms with Crippen molar-refractivity contribution < 1.29 is 4.79 Å². The summed E-state index contributed by atoms with van der Waals surface area (Å²) >= 11 is 0. The van der Waals surface area contributed by atoms with E-state index in [1.165, 1.54) is 22.3 Å². The number of ketones is 1. The van der Waals surface area contributed by atoms with Crippen LogP contribution in [0, 0.1) is 0 Å². The van der Waals surface area contributed by atoms with E-state index in [1.54, 1.807) is 6.92 Å². The monoisotopic (exact) mass is 266 g/mol. The van der Waals surface area contributed by atoms with Crippen LogP contribution in [0.15, 0.2) is 42.5 Å². The molecule has 0 radical (unpaired) electrons. The van der Waals surface area contributed by atoms with Crippen LogP contribution >= 0.6 is 0 Å². The van der Waals surface area contributed by atoms with E-state index in [2.05, 4.69) is 51.1 Å². The van der Waals surface area contributed by atoms with Gasteiger partial charge in [-0.25, -0.2) is 0 Å². The van der Waals surface area contributed by atoms with Gasteiger partial charge in [0.25, 0.3) is 0 Å². The largest absolute Gasteiger partial charge is 0.295 e. The lowest BCUT2D eigenvalue weighted by atomic mass is 9.87. The summed E-state index contributed by atoms with van der Waals surface area (Å²) in [5.41, 5.74) is 6.08. The van der Waals surface area contributed by atoms with E-state index in [-0.39, 0.29) is 5.78 Å². The minimum Gasteiger partial charge on any atom is -0.295 e. The smallest absolute Gasteiger partial charge is 0.159 e. The summed E-state index contributed by atoms with van der Waals surface area (Å²) in [6.07, 6.45) is 1.05. The third kappa shape index (κ3) is 2.82. The van der Waals surface area contributed by atoms with Crippen molar-refractivity contribution in [2.75, 3.05) is 0 Å². The predicted octanol–water partition coefficient (Wildman–Crippen LogP) is 5.24. The Hall–Kier alpha value is -1.89. The molecule has 0 aliphatic carbocycles. The number of aryl methyl sites for hydroxylation is 1. The van der Waals surface area contributed by atoms with Crippen molar-refractivity contribution in [3.8, 4) is 11.1 Å². The van der Waals surface area contributed by atoms with Crippen LogP contribution in [0.1, 0.15) is 55.1 Å². The number of hydrogen-bond donors (Lipinski definition) is 0. The molecule has 20 heavy (non-hydrogen) atoms.